The van der Waals surface area contributed by atoms with Crippen molar-refractivity contribution in [2.45, 2.75) is 18.4 Å². The molecule has 0 unspecified atom stereocenters. The number of hydrogen-bond donors (Lipinski definition) is 2. The Morgan fingerprint density at radius 1 is 1.08 bits per heavy atom. The number of aromatic amines is 2. The van der Waals surface area contributed by atoms with Crippen molar-refractivity contribution in [2.24, 2.45) is 0 Å². The first kappa shape index (κ1) is 18.4. The van der Waals surface area contributed by atoms with Crippen LogP contribution in [0.1, 0.15) is 12.5 Å². The molecule has 3 rings (SSSR count). The summed E-state index contributed by atoms with van der Waals surface area (Å²) in [6.45, 7) is 2.13. The summed E-state index contributed by atoms with van der Waals surface area (Å²) in [5.74, 6) is 0. The number of aromatic nitrogens is 2. The third-order valence-corrected chi connectivity index (χ3v) is 6.10. The molecule has 2 aromatic carbocycles. The van der Waals surface area contributed by atoms with Crippen LogP contribution in [0, 0.1) is 0 Å². The minimum atomic E-state index is -3.84. The standard InChI is InChI=1S/C17H16ClN3O4S/c1-2-21(10-11-4-3-5-12(18)8-11)26(24,25)13-6-7-15-14(9-13)16(22)20-17(23)19-15/h3-9H,2,10H2,1H3,(H2,19,20,22,23). The van der Waals surface area contributed by atoms with E-state index < -0.39 is 21.3 Å². The summed E-state index contributed by atoms with van der Waals surface area (Å²) < 4.78 is 27.3. The van der Waals surface area contributed by atoms with E-state index in [2.05, 4.69) is 9.97 Å². The molecule has 9 heteroatoms. The zero-order valence-electron chi connectivity index (χ0n) is 13.8. The van der Waals surface area contributed by atoms with E-state index in [1.54, 1.807) is 31.2 Å². The summed E-state index contributed by atoms with van der Waals surface area (Å²) in [5.41, 5.74) is -0.255. The van der Waals surface area contributed by atoms with E-state index in [1.165, 1.54) is 22.5 Å². The monoisotopic (exact) mass is 393 g/mol. The molecule has 0 fully saturated rings. The van der Waals surface area contributed by atoms with Crippen LogP contribution < -0.4 is 11.2 Å². The van der Waals surface area contributed by atoms with Gasteiger partial charge in [-0.2, -0.15) is 4.31 Å². The van der Waals surface area contributed by atoms with Gasteiger partial charge in [-0.1, -0.05) is 30.7 Å². The molecule has 0 atom stereocenters. The molecule has 136 valence electrons. The summed E-state index contributed by atoms with van der Waals surface area (Å²) in [5, 5.41) is 0.627. The van der Waals surface area contributed by atoms with Crippen molar-refractivity contribution in [1.29, 1.82) is 0 Å². The summed E-state index contributed by atoms with van der Waals surface area (Å²) >= 11 is 5.96. The van der Waals surface area contributed by atoms with E-state index in [0.29, 0.717) is 5.02 Å². The van der Waals surface area contributed by atoms with E-state index in [0.717, 1.165) is 5.56 Å². The normalized spacial score (nSPS) is 12.0. The highest BCUT2D eigenvalue weighted by Gasteiger charge is 2.24. The average Bonchev–Trinajstić information content (AvgIpc) is 2.59. The van der Waals surface area contributed by atoms with E-state index >= 15 is 0 Å². The van der Waals surface area contributed by atoms with Gasteiger partial charge in [0.15, 0.2) is 0 Å². The van der Waals surface area contributed by atoms with Crippen LogP contribution in [0.2, 0.25) is 5.02 Å². The third kappa shape index (κ3) is 3.57. The van der Waals surface area contributed by atoms with E-state index in [1.807, 2.05) is 0 Å². The van der Waals surface area contributed by atoms with E-state index in [9.17, 15) is 18.0 Å². The van der Waals surface area contributed by atoms with Gasteiger partial charge < -0.3 is 4.98 Å². The average molecular weight is 394 g/mol. The van der Waals surface area contributed by atoms with Crippen LogP contribution in [0.5, 0.6) is 0 Å². The number of nitrogens with zero attached hydrogens (tertiary/aromatic N) is 1. The summed E-state index contributed by atoms with van der Waals surface area (Å²) in [6.07, 6.45) is 0. The lowest BCUT2D eigenvalue weighted by molar-refractivity contribution is 0.423. The van der Waals surface area contributed by atoms with Crippen molar-refractivity contribution in [1.82, 2.24) is 14.3 Å². The third-order valence-electron chi connectivity index (χ3n) is 3.95. The van der Waals surface area contributed by atoms with Gasteiger partial charge in [0.05, 0.1) is 15.8 Å². The quantitative estimate of drug-likeness (QED) is 0.692. The molecule has 0 saturated heterocycles. The molecule has 0 aliphatic heterocycles. The van der Waals surface area contributed by atoms with Gasteiger partial charge in [-0.15, -0.1) is 0 Å². The molecule has 1 aromatic heterocycles. The van der Waals surface area contributed by atoms with Crippen molar-refractivity contribution >= 4 is 32.5 Å². The molecule has 0 spiro atoms. The second kappa shape index (κ2) is 7.06. The summed E-state index contributed by atoms with van der Waals surface area (Å²) in [4.78, 5) is 27.8. The number of hydrogen-bond acceptors (Lipinski definition) is 4. The fraction of sp³-hybridized carbons (Fsp3) is 0.176. The first-order valence-electron chi connectivity index (χ1n) is 7.82. The van der Waals surface area contributed by atoms with Crippen molar-refractivity contribution < 1.29 is 8.42 Å². The number of H-pyrrole nitrogens is 2. The number of nitrogens with one attached hydrogen (secondary N) is 2. The van der Waals surface area contributed by atoms with Gasteiger partial charge in [0.2, 0.25) is 10.0 Å². The van der Waals surface area contributed by atoms with Crippen molar-refractivity contribution in [3.05, 3.63) is 73.9 Å². The maximum Gasteiger partial charge on any atom is 0.326 e. The van der Waals surface area contributed by atoms with Crippen LogP contribution in [0.15, 0.2) is 56.9 Å². The minimum absolute atomic E-state index is 0.0218. The first-order valence-corrected chi connectivity index (χ1v) is 9.64. The van der Waals surface area contributed by atoms with Gasteiger partial charge in [-0.05, 0) is 35.9 Å². The molecular weight excluding hydrogens is 378 g/mol. The summed E-state index contributed by atoms with van der Waals surface area (Å²) in [6, 6.07) is 11.0. The Morgan fingerprint density at radius 2 is 1.85 bits per heavy atom. The number of sulfonamides is 1. The van der Waals surface area contributed by atoms with Gasteiger partial charge >= 0.3 is 5.69 Å². The van der Waals surface area contributed by atoms with E-state index in [-0.39, 0.29) is 28.9 Å². The zero-order chi connectivity index (χ0) is 18.9. The van der Waals surface area contributed by atoms with Crippen LogP contribution >= 0.6 is 11.6 Å². The van der Waals surface area contributed by atoms with Gasteiger partial charge in [0.25, 0.3) is 5.56 Å². The van der Waals surface area contributed by atoms with Crippen molar-refractivity contribution in [3.63, 3.8) is 0 Å². The molecule has 1 heterocycles. The number of benzene rings is 2. The Hall–Kier alpha value is -2.42. The fourth-order valence-electron chi connectivity index (χ4n) is 2.66. The molecular formula is C17H16ClN3O4S. The fourth-order valence-corrected chi connectivity index (χ4v) is 4.34. The second-order valence-electron chi connectivity index (χ2n) is 5.68. The van der Waals surface area contributed by atoms with Gasteiger partial charge in [0.1, 0.15) is 0 Å². The van der Waals surface area contributed by atoms with Gasteiger partial charge in [-0.25, -0.2) is 13.2 Å². The predicted molar refractivity (Wildman–Crippen MR) is 99.9 cm³/mol. The van der Waals surface area contributed by atoms with Crippen molar-refractivity contribution in [3.8, 4) is 0 Å². The van der Waals surface area contributed by atoms with Crippen molar-refractivity contribution in [2.75, 3.05) is 6.54 Å². The van der Waals surface area contributed by atoms with Gasteiger partial charge in [-0.3, -0.25) is 9.78 Å². The Kier molecular flexibility index (Phi) is 4.99. The number of halogens is 1. The molecule has 26 heavy (non-hydrogen) atoms. The Morgan fingerprint density at radius 3 is 2.54 bits per heavy atom. The summed E-state index contributed by atoms with van der Waals surface area (Å²) in [7, 11) is -3.84. The maximum absolute atomic E-state index is 13.0. The van der Waals surface area contributed by atoms with Crippen LogP contribution in [0.25, 0.3) is 10.9 Å². The molecule has 0 saturated carbocycles. The number of rotatable bonds is 5. The van der Waals surface area contributed by atoms with Crippen LogP contribution in [0.3, 0.4) is 0 Å². The molecule has 0 amide bonds. The Bertz CT molecular complexity index is 1180. The Balaban J connectivity index is 2.04. The molecule has 0 aliphatic rings. The molecule has 0 bridgehead atoms. The Labute approximate surface area is 154 Å². The lowest BCUT2D eigenvalue weighted by Gasteiger charge is -2.21. The topological polar surface area (TPSA) is 103 Å². The zero-order valence-corrected chi connectivity index (χ0v) is 15.4. The largest absolute Gasteiger partial charge is 0.326 e. The van der Waals surface area contributed by atoms with Gasteiger partial charge in [0, 0.05) is 18.1 Å². The highest BCUT2D eigenvalue weighted by atomic mass is 35.5. The lowest BCUT2D eigenvalue weighted by Crippen LogP contribution is -2.30. The maximum atomic E-state index is 13.0. The predicted octanol–water partition coefficient (Wildman–Crippen LogP) is 2.08. The molecule has 0 radical (unpaired) electrons. The van der Waals surface area contributed by atoms with Crippen LogP contribution in [-0.2, 0) is 16.6 Å². The van der Waals surface area contributed by atoms with Crippen LogP contribution in [-0.4, -0.2) is 29.2 Å². The first-order chi connectivity index (χ1) is 12.3. The molecule has 7 nitrogen and oxygen atoms in total. The smallest absolute Gasteiger partial charge is 0.307 e. The molecule has 0 aliphatic carbocycles. The van der Waals surface area contributed by atoms with Crippen LogP contribution in [0.4, 0.5) is 0 Å². The SMILES string of the molecule is CCN(Cc1cccc(Cl)c1)S(=O)(=O)c1ccc2[nH]c(=O)[nH]c(=O)c2c1. The minimum Gasteiger partial charge on any atom is -0.307 e. The molecule has 3 aromatic rings. The van der Waals surface area contributed by atoms with E-state index in [4.69, 9.17) is 11.6 Å². The second-order valence-corrected chi connectivity index (χ2v) is 8.05. The lowest BCUT2D eigenvalue weighted by atomic mass is 10.2. The highest BCUT2D eigenvalue weighted by molar-refractivity contribution is 7.89. The molecule has 2 N–H and O–H groups in total. The number of fused-ring (bicyclic) bond motifs is 1. The highest BCUT2D eigenvalue weighted by Crippen LogP contribution is 2.21.